The molecule has 0 spiro atoms. The third-order valence-corrected chi connectivity index (χ3v) is 1.95. The molecule has 0 radical (unpaired) electrons. The van der Waals surface area contributed by atoms with Crippen molar-refractivity contribution in [3.63, 3.8) is 0 Å². The quantitative estimate of drug-likeness (QED) is 0.592. The maximum atomic E-state index is 2.72. The second-order valence-electron chi connectivity index (χ2n) is 3.34. The molecule has 1 rings (SSSR count). The van der Waals surface area contributed by atoms with E-state index < -0.39 is 0 Å². The highest BCUT2D eigenvalue weighted by molar-refractivity contribution is 7.27. The van der Waals surface area contributed by atoms with Crippen LogP contribution in [0.2, 0.25) is 0 Å². The fourth-order valence-corrected chi connectivity index (χ4v) is 1.52. The van der Waals surface area contributed by atoms with Crippen LogP contribution in [0.4, 0.5) is 0 Å². The first-order valence-electron chi connectivity index (χ1n) is 4.03. The Kier molecular flexibility index (Phi) is 3.08. The molecule has 11 heavy (non-hydrogen) atoms. The Morgan fingerprint density at radius 1 is 1.36 bits per heavy atom. The van der Waals surface area contributed by atoms with Gasteiger partial charge in [0, 0.05) is 0 Å². The summed E-state index contributed by atoms with van der Waals surface area (Å²) in [6.45, 7) is 4.49. The third kappa shape index (κ3) is 3.03. The van der Waals surface area contributed by atoms with Gasteiger partial charge in [-0.05, 0) is 23.2 Å². The summed E-state index contributed by atoms with van der Waals surface area (Å²) in [5.74, 6) is 0.752. The maximum Gasteiger partial charge on any atom is -0.0255 e. The smallest absolute Gasteiger partial charge is 0.0255 e. The number of benzene rings is 1. The van der Waals surface area contributed by atoms with Crippen LogP contribution in [0, 0.1) is 5.92 Å². The Balaban J connectivity index is 2.71. The first kappa shape index (κ1) is 8.74. The number of rotatable bonds is 2. The fourth-order valence-electron chi connectivity index (χ4n) is 1.19. The van der Waals surface area contributed by atoms with Crippen LogP contribution in [0.1, 0.15) is 19.4 Å². The van der Waals surface area contributed by atoms with E-state index in [0.717, 1.165) is 5.92 Å². The summed E-state index contributed by atoms with van der Waals surface area (Å²) >= 11 is 0. The topological polar surface area (TPSA) is 0 Å². The van der Waals surface area contributed by atoms with E-state index in [1.165, 1.54) is 17.3 Å². The second-order valence-corrected chi connectivity index (χ2v) is 4.01. The normalized spacial score (nSPS) is 10.5. The molecule has 0 bridgehead atoms. The minimum Gasteiger partial charge on any atom is -0.106 e. The van der Waals surface area contributed by atoms with Gasteiger partial charge in [0.2, 0.25) is 0 Å². The van der Waals surface area contributed by atoms with Crippen molar-refractivity contribution >= 4 is 14.5 Å². The van der Waals surface area contributed by atoms with Crippen LogP contribution in [-0.4, -0.2) is 0 Å². The Bertz CT molecular complexity index is 228. The highest BCUT2D eigenvalue weighted by Gasteiger charge is 1.96. The highest BCUT2D eigenvalue weighted by atomic mass is 31.0. The van der Waals surface area contributed by atoms with Gasteiger partial charge in [-0.3, -0.25) is 0 Å². The molecular formula is C10H15P. The molecule has 1 unspecified atom stereocenters. The van der Waals surface area contributed by atoms with Crippen molar-refractivity contribution < 1.29 is 0 Å². The lowest BCUT2D eigenvalue weighted by Crippen LogP contribution is -1.97. The van der Waals surface area contributed by atoms with Crippen molar-refractivity contribution in [1.82, 2.24) is 0 Å². The van der Waals surface area contributed by atoms with Crippen LogP contribution in [-0.2, 0) is 6.42 Å². The lowest BCUT2D eigenvalue weighted by molar-refractivity contribution is 0.647. The molecule has 0 amide bonds. The Hall–Kier alpha value is -0.350. The molecule has 0 saturated carbocycles. The van der Waals surface area contributed by atoms with Gasteiger partial charge in [0.1, 0.15) is 0 Å². The maximum absolute atomic E-state index is 2.72. The van der Waals surface area contributed by atoms with Crippen molar-refractivity contribution in [3.05, 3.63) is 29.8 Å². The largest absolute Gasteiger partial charge is 0.106 e. The Labute approximate surface area is 71.2 Å². The van der Waals surface area contributed by atoms with Gasteiger partial charge in [0.25, 0.3) is 0 Å². The average Bonchev–Trinajstić information content (AvgIpc) is 1.85. The first-order valence-corrected chi connectivity index (χ1v) is 4.60. The van der Waals surface area contributed by atoms with Crippen LogP contribution in [0.15, 0.2) is 24.3 Å². The molecular weight excluding hydrogens is 151 g/mol. The van der Waals surface area contributed by atoms with Crippen LogP contribution < -0.4 is 5.30 Å². The van der Waals surface area contributed by atoms with Crippen LogP contribution in [0.3, 0.4) is 0 Å². The Morgan fingerprint density at radius 3 is 2.64 bits per heavy atom. The van der Waals surface area contributed by atoms with Crippen molar-refractivity contribution in [2.45, 2.75) is 20.3 Å². The predicted molar refractivity (Wildman–Crippen MR) is 54.3 cm³/mol. The van der Waals surface area contributed by atoms with Crippen molar-refractivity contribution in [2.75, 3.05) is 0 Å². The second kappa shape index (κ2) is 3.88. The minimum absolute atomic E-state index is 0.752. The predicted octanol–water partition coefficient (Wildman–Crippen LogP) is 2.39. The highest BCUT2D eigenvalue weighted by Crippen LogP contribution is 2.06. The first-order chi connectivity index (χ1) is 5.18. The molecule has 0 aliphatic carbocycles. The van der Waals surface area contributed by atoms with E-state index >= 15 is 0 Å². The van der Waals surface area contributed by atoms with Crippen molar-refractivity contribution in [2.24, 2.45) is 5.92 Å². The summed E-state index contributed by atoms with van der Waals surface area (Å²) in [4.78, 5) is 0. The van der Waals surface area contributed by atoms with E-state index in [1.54, 1.807) is 0 Å². The van der Waals surface area contributed by atoms with Gasteiger partial charge in [-0.2, -0.15) is 0 Å². The van der Waals surface area contributed by atoms with E-state index in [4.69, 9.17) is 0 Å². The van der Waals surface area contributed by atoms with E-state index in [2.05, 4.69) is 47.4 Å². The van der Waals surface area contributed by atoms with Crippen LogP contribution >= 0.6 is 9.24 Å². The minimum atomic E-state index is 0.752. The standard InChI is InChI=1S/C10H15P/c1-8(2)6-9-4-3-5-10(11)7-9/h3-5,7-8H,6,11H2,1-2H3. The molecule has 0 aliphatic heterocycles. The molecule has 1 heteroatoms. The summed E-state index contributed by atoms with van der Waals surface area (Å²) in [5, 5.41) is 1.28. The molecule has 1 atom stereocenters. The summed E-state index contributed by atoms with van der Waals surface area (Å²) in [6.07, 6.45) is 1.18. The van der Waals surface area contributed by atoms with Gasteiger partial charge in [0.05, 0.1) is 0 Å². The van der Waals surface area contributed by atoms with Crippen LogP contribution in [0.25, 0.3) is 0 Å². The third-order valence-electron chi connectivity index (χ3n) is 1.59. The van der Waals surface area contributed by atoms with E-state index in [1.807, 2.05) is 0 Å². The van der Waals surface area contributed by atoms with Gasteiger partial charge in [-0.25, -0.2) is 0 Å². The SMILES string of the molecule is CC(C)Cc1cccc(P)c1. The molecule has 60 valence electrons. The molecule has 0 N–H and O–H groups in total. The molecule has 0 nitrogen and oxygen atoms in total. The zero-order chi connectivity index (χ0) is 8.27. The number of hydrogen-bond donors (Lipinski definition) is 0. The molecule has 0 aromatic heterocycles. The molecule has 0 aliphatic rings. The molecule has 0 heterocycles. The van der Waals surface area contributed by atoms with Crippen molar-refractivity contribution in [3.8, 4) is 0 Å². The van der Waals surface area contributed by atoms with Gasteiger partial charge in [-0.1, -0.05) is 38.1 Å². The van der Waals surface area contributed by atoms with Gasteiger partial charge in [-0.15, -0.1) is 9.24 Å². The van der Waals surface area contributed by atoms with Gasteiger partial charge >= 0.3 is 0 Å². The van der Waals surface area contributed by atoms with Crippen molar-refractivity contribution in [1.29, 1.82) is 0 Å². The lowest BCUT2D eigenvalue weighted by atomic mass is 10.0. The zero-order valence-electron chi connectivity index (χ0n) is 7.17. The lowest BCUT2D eigenvalue weighted by Gasteiger charge is -2.04. The molecule has 1 aromatic rings. The van der Waals surface area contributed by atoms with Gasteiger partial charge < -0.3 is 0 Å². The Morgan fingerprint density at radius 2 is 2.09 bits per heavy atom. The van der Waals surface area contributed by atoms with Crippen LogP contribution in [0.5, 0.6) is 0 Å². The fraction of sp³-hybridized carbons (Fsp3) is 0.400. The van der Waals surface area contributed by atoms with E-state index in [-0.39, 0.29) is 0 Å². The van der Waals surface area contributed by atoms with Gasteiger partial charge in [0.15, 0.2) is 0 Å². The van der Waals surface area contributed by atoms with E-state index in [9.17, 15) is 0 Å². The van der Waals surface area contributed by atoms with E-state index in [0.29, 0.717) is 0 Å². The molecule has 0 saturated heterocycles. The summed E-state index contributed by atoms with van der Waals surface area (Å²) in [7, 11) is 2.72. The summed E-state index contributed by atoms with van der Waals surface area (Å²) in [6, 6.07) is 8.63. The molecule has 1 aromatic carbocycles. The zero-order valence-corrected chi connectivity index (χ0v) is 8.33. The summed E-state index contributed by atoms with van der Waals surface area (Å²) < 4.78 is 0. The summed E-state index contributed by atoms with van der Waals surface area (Å²) in [5.41, 5.74) is 1.44. The monoisotopic (exact) mass is 166 g/mol. The molecule has 0 fully saturated rings. The average molecular weight is 166 g/mol. The number of hydrogen-bond acceptors (Lipinski definition) is 0.